The van der Waals surface area contributed by atoms with Crippen LogP contribution >= 0.6 is 0 Å². The predicted octanol–water partition coefficient (Wildman–Crippen LogP) is 3.44. The average molecular weight is 388 g/mol. The Labute approximate surface area is 163 Å². The number of nitrogens with zero attached hydrogens (tertiary/aromatic N) is 4. The molecule has 1 amide bonds. The molecule has 0 radical (unpaired) electrons. The summed E-state index contributed by atoms with van der Waals surface area (Å²) in [7, 11) is 0. The number of rotatable bonds is 5. The molecule has 28 heavy (non-hydrogen) atoms. The summed E-state index contributed by atoms with van der Waals surface area (Å²) >= 11 is 0. The number of piperazine rings is 1. The fraction of sp³-hybridized carbons (Fsp3) is 0.550. The predicted molar refractivity (Wildman–Crippen MR) is 99.5 cm³/mol. The third-order valence-corrected chi connectivity index (χ3v) is 5.73. The lowest BCUT2D eigenvalue weighted by Gasteiger charge is -2.46. The van der Waals surface area contributed by atoms with E-state index in [0.717, 1.165) is 24.2 Å². The smallest absolute Gasteiger partial charge is 0.407 e. The second-order valence-corrected chi connectivity index (χ2v) is 7.92. The number of carboxylic acid groups (broad SMARTS) is 1. The maximum Gasteiger partial charge on any atom is 0.407 e. The van der Waals surface area contributed by atoms with E-state index in [1.807, 2.05) is 13.8 Å². The molecule has 3 atom stereocenters. The lowest BCUT2D eigenvalue weighted by atomic mass is 9.97. The van der Waals surface area contributed by atoms with Crippen LogP contribution in [-0.4, -0.2) is 56.3 Å². The third kappa shape index (κ3) is 3.87. The molecule has 2 fully saturated rings. The summed E-state index contributed by atoms with van der Waals surface area (Å²) in [5.74, 6) is 1.47. The number of carbonyl (C=O) groups is 1. The summed E-state index contributed by atoms with van der Waals surface area (Å²) in [5, 5.41) is 13.5. The van der Waals surface area contributed by atoms with Gasteiger partial charge in [-0.25, -0.2) is 9.18 Å². The van der Waals surface area contributed by atoms with Crippen LogP contribution in [0.15, 0.2) is 28.8 Å². The van der Waals surface area contributed by atoms with Crippen molar-refractivity contribution in [2.24, 2.45) is 0 Å². The van der Waals surface area contributed by atoms with E-state index in [0.29, 0.717) is 31.3 Å². The van der Waals surface area contributed by atoms with Gasteiger partial charge in [-0.05, 0) is 44.4 Å². The lowest BCUT2D eigenvalue weighted by molar-refractivity contribution is 0.0170. The van der Waals surface area contributed by atoms with Crippen molar-refractivity contribution < 1.29 is 18.8 Å². The van der Waals surface area contributed by atoms with E-state index in [4.69, 9.17) is 4.52 Å². The Morgan fingerprint density at radius 2 is 1.96 bits per heavy atom. The van der Waals surface area contributed by atoms with Crippen LogP contribution in [0.1, 0.15) is 55.9 Å². The standard InChI is InChI=1S/C20H25FN4O3/c1-12-11-25(20(26)27)13(2)10-24(12)17(14-5-7-16(21)8-6-14)9-18-22-19(23-28-18)15-3-4-15/h5-8,12-13,15,17H,3-4,9-11H2,1-2H3,(H,26,27)/t12-,13+,17?/m1/s1. The molecule has 2 aromatic rings. The summed E-state index contributed by atoms with van der Waals surface area (Å²) in [4.78, 5) is 19.8. The van der Waals surface area contributed by atoms with Gasteiger partial charge in [-0.15, -0.1) is 0 Å². The molecule has 1 N–H and O–H groups in total. The van der Waals surface area contributed by atoms with Crippen molar-refractivity contribution >= 4 is 6.09 Å². The van der Waals surface area contributed by atoms with Gasteiger partial charge >= 0.3 is 6.09 Å². The summed E-state index contributed by atoms with van der Waals surface area (Å²) in [6.07, 6.45) is 1.82. The molecule has 1 aromatic heterocycles. The second-order valence-electron chi connectivity index (χ2n) is 7.92. The van der Waals surface area contributed by atoms with Crippen LogP contribution in [0.25, 0.3) is 0 Å². The van der Waals surface area contributed by atoms with Gasteiger partial charge in [0.1, 0.15) is 5.82 Å². The quantitative estimate of drug-likeness (QED) is 0.845. The molecular weight excluding hydrogens is 363 g/mol. The minimum Gasteiger partial charge on any atom is -0.465 e. The van der Waals surface area contributed by atoms with Crippen LogP contribution < -0.4 is 0 Å². The maximum atomic E-state index is 13.5. The fourth-order valence-electron chi connectivity index (χ4n) is 3.99. The zero-order chi connectivity index (χ0) is 19.8. The number of aromatic nitrogens is 2. The Hall–Kier alpha value is -2.48. The average Bonchev–Trinajstić information content (AvgIpc) is 3.41. The first-order chi connectivity index (χ1) is 13.4. The lowest BCUT2D eigenvalue weighted by Crippen LogP contribution is -2.58. The SMILES string of the molecule is C[C@@H]1CN(C(=O)O)[C@@H](C)CN1C(Cc1nc(C2CC2)no1)c1ccc(F)cc1. The number of hydrogen-bond acceptors (Lipinski definition) is 5. The largest absolute Gasteiger partial charge is 0.465 e. The van der Waals surface area contributed by atoms with Crippen LogP contribution in [0.4, 0.5) is 9.18 Å². The summed E-state index contributed by atoms with van der Waals surface area (Å²) in [6, 6.07) is 6.23. The van der Waals surface area contributed by atoms with Gasteiger partial charge in [0.05, 0.1) is 0 Å². The molecule has 0 spiro atoms. The third-order valence-electron chi connectivity index (χ3n) is 5.73. The first-order valence-electron chi connectivity index (χ1n) is 9.75. The highest BCUT2D eigenvalue weighted by atomic mass is 19.1. The van der Waals surface area contributed by atoms with Crippen LogP contribution in [0.3, 0.4) is 0 Å². The number of amides is 1. The summed E-state index contributed by atoms with van der Waals surface area (Å²) in [6.45, 7) is 4.93. The molecule has 7 nitrogen and oxygen atoms in total. The Bertz CT molecular complexity index is 836. The van der Waals surface area contributed by atoms with Gasteiger partial charge in [-0.1, -0.05) is 17.3 Å². The molecule has 1 saturated carbocycles. The van der Waals surface area contributed by atoms with E-state index in [2.05, 4.69) is 15.0 Å². The Morgan fingerprint density at radius 3 is 2.61 bits per heavy atom. The Kier molecular flexibility index (Phi) is 5.05. The van der Waals surface area contributed by atoms with E-state index in [1.165, 1.54) is 17.0 Å². The Morgan fingerprint density at radius 1 is 1.25 bits per heavy atom. The first-order valence-corrected chi connectivity index (χ1v) is 9.75. The van der Waals surface area contributed by atoms with Crippen molar-refractivity contribution in [1.29, 1.82) is 0 Å². The first kappa shape index (κ1) is 18.9. The van der Waals surface area contributed by atoms with E-state index in [1.54, 1.807) is 12.1 Å². The monoisotopic (exact) mass is 388 g/mol. The topological polar surface area (TPSA) is 82.7 Å². The van der Waals surface area contributed by atoms with Crippen LogP contribution in [0.2, 0.25) is 0 Å². The van der Waals surface area contributed by atoms with Gasteiger partial charge in [0.2, 0.25) is 5.89 Å². The van der Waals surface area contributed by atoms with Crippen molar-refractivity contribution in [3.05, 3.63) is 47.4 Å². The summed E-state index contributed by atoms with van der Waals surface area (Å²) in [5.41, 5.74) is 0.954. The van der Waals surface area contributed by atoms with Gasteiger partial charge < -0.3 is 14.5 Å². The van der Waals surface area contributed by atoms with Crippen molar-refractivity contribution in [1.82, 2.24) is 19.9 Å². The molecule has 1 saturated heterocycles. The van der Waals surface area contributed by atoms with Gasteiger partial charge in [0, 0.05) is 43.6 Å². The van der Waals surface area contributed by atoms with E-state index in [-0.39, 0.29) is 23.9 Å². The molecule has 0 bridgehead atoms. The molecule has 4 rings (SSSR count). The maximum absolute atomic E-state index is 13.5. The minimum absolute atomic E-state index is 0.00757. The van der Waals surface area contributed by atoms with Crippen LogP contribution in [-0.2, 0) is 6.42 Å². The Balaban J connectivity index is 1.60. The van der Waals surface area contributed by atoms with Crippen molar-refractivity contribution in [3.8, 4) is 0 Å². The zero-order valence-electron chi connectivity index (χ0n) is 16.1. The summed E-state index contributed by atoms with van der Waals surface area (Å²) < 4.78 is 19.0. The number of benzene rings is 1. The number of halogens is 1. The minimum atomic E-state index is -0.900. The molecule has 1 aliphatic carbocycles. The highest BCUT2D eigenvalue weighted by Crippen LogP contribution is 2.38. The van der Waals surface area contributed by atoms with Gasteiger partial charge in [-0.3, -0.25) is 4.90 Å². The molecule has 1 unspecified atom stereocenters. The fourth-order valence-corrected chi connectivity index (χ4v) is 3.99. The molecule has 150 valence electrons. The van der Waals surface area contributed by atoms with Gasteiger partial charge in [-0.2, -0.15) is 4.98 Å². The van der Waals surface area contributed by atoms with Gasteiger partial charge in [0.25, 0.3) is 0 Å². The molecule has 8 heteroatoms. The van der Waals surface area contributed by atoms with Crippen molar-refractivity contribution in [2.75, 3.05) is 13.1 Å². The second kappa shape index (κ2) is 7.50. The molecule has 2 heterocycles. The molecule has 1 aliphatic heterocycles. The number of hydrogen-bond donors (Lipinski definition) is 1. The highest BCUT2D eigenvalue weighted by Gasteiger charge is 2.37. The van der Waals surface area contributed by atoms with Gasteiger partial charge in [0.15, 0.2) is 5.82 Å². The van der Waals surface area contributed by atoms with E-state index in [9.17, 15) is 14.3 Å². The molecule has 2 aliphatic rings. The normalized spacial score (nSPS) is 24.3. The van der Waals surface area contributed by atoms with Crippen molar-refractivity contribution in [3.63, 3.8) is 0 Å². The molecular formula is C20H25FN4O3. The van der Waals surface area contributed by atoms with E-state index < -0.39 is 6.09 Å². The van der Waals surface area contributed by atoms with Crippen molar-refractivity contribution in [2.45, 2.75) is 57.2 Å². The van der Waals surface area contributed by atoms with Crippen LogP contribution in [0, 0.1) is 5.82 Å². The highest BCUT2D eigenvalue weighted by molar-refractivity contribution is 5.65. The van der Waals surface area contributed by atoms with Crippen LogP contribution in [0.5, 0.6) is 0 Å². The molecule has 1 aromatic carbocycles. The van der Waals surface area contributed by atoms with E-state index >= 15 is 0 Å². The zero-order valence-corrected chi connectivity index (χ0v) is 16.1.